The number of nitrogens with one attached hydrogen (secondary N) is 2. The zero-order chi connectivity index (χ0) is 22.9. The molecule has 0 saturated carbocycles. The maximum absolute atomic E-state index is 13.0. The number of carbonyl (C=O) groups excluding carboxylic acids is 3. The van der Waals surface area contributed by atoms with Crippen LogP contribution < -0.4 is 15.4 Å². The van der Waals surface area contributed by atoms with Crippen molar-refractivity contribution in [2.45, 2.75) is 11.3 Å². The Hall–Kier alpha value is -3.43. The van der Waals surface area contributed by atoms with Gasteiger partial charge in [-0.05, 0) is 12.1 Å². The van der Waals surface area contributed by atoms with Crippen molar-refractivity contribution in [3.8, 4) is 17.0 Å². The minimum absolute atomic E-state index is 0.132. The Morgan fingerprint density at radius 1 is 1.12 bits per heavy atom. The lowest BCUT2D eigenvalue weighted by Gasteiger charge is -2.09. The molecular weight excluding hydrogens is 446 g/mol. The van der Waals surface area contributed by atoms with E-state index in [0.29, 0.717) is 21.6 Å². The van der Waals surface area contributed by atoms with Crippen molar-refractivity contribution in [3.05, 3.63) is 72.8 Å². The maximum Gasteiger partial charge on any atom is 0.308 e. The number of para-hydroxylation sites is 1. The highest BCUT2D eigenvalue weighted by molar-refractivity contribution is 8.01. The van der Waals surface area contributed by atoms with Gasteiger partial charge < -0.3 is 15.4 Å². The summed E-state index contributed by atoms with van der Waals surface area (Å²) in [6.45, 7) is 5.25. The van der Waals surface area contributed by atoms with Gasteiger partial charge in [-0.3, -0.25) is 14.4 Å². The van der Waals surface area contributed by atoms with Crippen LogP contribution in [0.1, 0.15) is 17.3 Å². The molecule has 0 spiro atoms. The fourth-order valence-electron chi connectivity index (χ4n) is 2.67. The van der Waals surface area contributed by atoms with E-state index in [-0.39, 0.29) is 23.0 Å². The Labute approximate surface area is 193 Å². The van der Waals surface area contributed by atoms with Crippen LogP contribution in [0.15, 0.2) is 71.6 Å². The number of amides is 2. The van der Waals surface area contributed by atoms with Gasteiger partial charge in [0.25, 0.3) is 5.91 Å². The summed E-state index contributed by atoms with van der Waals surface area (Å²) in [7, 11) is 0. The van der Waals surface area contributed by atoms with E-state index in [1.54, 1.807) is 30.3 Å². The first-order valence-corrected chi connectivity index (χ1v) is 11.4. The summed E-state index contributed by atoms with van der Waals surface area (Å²) < 4.78 is 5.79. The van der Waals surface area contributed by atoms with Crippen molar-refractivity contribution in [3.63, 3.8) is 0 Å². The predicted molar refractivity (Wildman–Crippen MR) is 127 cm³/mol. The van der Waals surface area contributed by atoms with Crippen LogP contribution in [0.4, 0.5) is 5.00 Å². The first-order chi connectivity index (χ1) is 15.5. The normalized spacial score (nSPS) is 10.3. The molecule has 0 unspecified atom stereocenters. The number of benzene rings is 2. The molecular formula is C23H21N3O4S2. The summed E-state index contributed by atoms with van der Waals surface area (Å²) in [5.41, 5.74) is 1.66. The van der Waals surface area contributed by atoms with E-state index < -0.39 is 11.9 Å². The first kappa shape index (κ1) is 23.2. The van der Waals surface area contributed by atoms with E-state index >= 15 is 0 Å². The maximum atomic E-state index is 13.0. The molecule has 2 aromatic carbocycles. The molecule has 1 heterocycles. The zero-order valence-corrected chi connectivity index (χ0v) is 18.9. The molecule has 9 heteroatoms. The monoisotopic (exact) mass is 467 g/mol. The molecule has 2 N–H and O–H groups in total. The van der Waals surface area contributed by atoms with E-state index in [0.717, 1.165) is 5.56 Å². The van der Waals surface area contributed by atoms with Gasteiger partial charge in [0, 0.05) is 19.0 Å². The van der Waals surface area contributed by atoms with Crippen LogP contribution in [0.5, 0.6) is 5.75 Å². The van der Waals surface area contributed by atoms with Gasteiger partial charge in [0.15, 0.2) is 4.34 Å². The summed E-state index contributed by atoms with van der Waals surface area (Å²) in [5.74, 6) is -0.702. The number of hydrogen-bond acceptors (Lipinski definition) is 7. The number of thiazole rings is 1. The Morgan fingerprint density at radius 3 is 2.56 bits per heavy atom. The summed E-state index contributed by atoms with van der Waals surface area (Å²) in [6.07, 6.45) is 1.61. The van der Waals surface area contributed by atoms with Crippen LogP contribution in [0, 0.1) is 0 Å². The number of thioether (sulfide) groups is 1. The molecule has 0 atom stereocenters. The van der Waals surface area contributed by atoms with E-state index in [9.17, 15) is 14.4 Å². The molecule has 0 saturated heterocycles. The minimum Gasteiger partial charge on any atom is -0.426 e. The molecule has 2 amide bonds. The predicted octanol–water partition coefficient (Wildman–Crippen LogP) is 4.38. The lowest BCUT2D eigenvalue weighted by Crippen LogP contribution is -2.24. The second-order valence-corrected chi connectivity index (χ2v) is 8.67. The molecule has 0 aliphatic heterocycles. The first-order valence-electron chi connectivity index (χ1n) is 9.63. The van der Waals surface area contributed by atoms with Gasteiger partial charge >= 0.3 is 5.97 Å². The lowest BCUT2D eigenvalue weighted by molar-refractivity contribution is -0.131. The lowest BCUT2D eigenvalue weighted by atomic mass is 10.1. The van der Waals surface area contributed by atoms with Crippen LogP contribution in [0.2, 0.25) is 0 Å². The third-order valence-electron chi connectivity index (χ3n) is 4.04. The van der Waals surface area contributed by atoms with Crippen molar-refractivity contribution in [1.29, 1.82) is 0 Å². The van der Waals surface area contributed by atoms with Gasteiger partial charge in [0.2, 0.25) is 5.91 Å². The van der Waals surface area contributed by atoms with Crippen LogP contribution in [0.25, 0.3) is 11.3 Å². The standard InChI is InChI=1S/C23H21N3O4S2/c1-3-13-24-19(28)14-31-23-25-20(16-9-5-4-6-10-16)22(32-23)26-21(29)17-11-7-8-12-18(17)30-15(2)27/h3-12H,1,13-14H2,2H3,(H,24,28)(H,26,29). The molecule has 32 heavy (non-hydrogen) atoms. The highest BCUT2D eigenvalue weighted by Crippen LogP contribution is 2.38. The third-order valence-corrected chi connectivity index (χ3v) is 6.15. The average molecular weight is 468 g/mol. The highest BCUT2D eigenvalue weighted by Gasteiger charge is 2.20. The second-order valence-electron chi connectivity index (χ2n) is 6.45. The molecule has 0 radical (unpaired) electrons. The molecule has 3 rings (SSSR count). The minimum atomic E-state index is -0.513. The van der Waals surface area contributed by atoms with Gasteiger partial charge in [0.1, 0.15) is 16.4 Å². The fraction of sp³-hybridized carbons (Fsp3) is 0.130. The molecule has 0 fully saturated rings. The summed E-state index contributed by atoms with van der Waals surface area (Å²) in [4.78, 5) is 40.9. The van der Waals surface area contributed by atoms with Gasteiger partial charge in [-0.15, -0.1) is 6.58 Å². The fourth-order valence-corrected chi connectivity index (χ4v) is 4.56. The van der Waals surface area contributed by atoms with E-state index in [1.165, 1.54) is 30.0 Å². The van der Waals surface area contributed by atoms with Crippen LogP contribution in [-0.4, -0.2) is 35.1 Å². The number of aromatic nitrogens is 1. The zero-order valence-electron chi connectivity index (χ0n) is 17.3. The van der Waals surface area contributed by atoms with Crippen LogP contribution in [-0.2, 0) is 9.59 Å². The van der Waals surface area contributed by atoms with E-state index in [4.69, 9.17) is 4.74 Å². The van der Waals surface area contributed by atoms with Crippen molar-refractivity contribution in [2.75, 3.05) is 17.6 Å². The van der Waals surface area contributed by atoms with Crippen LogP contribution in [0.3, 0.4) is 0 Å². The summed E-state index contributed by atoms with van der Waals surface area (Å²) >= 11 is 2.56. The SMILES string of the molecule is C=CCNC(=O)CSc1nc(-c2ccccc2)c(NC(=O)c2ccccc2OC(C)=O)s1. The number of nitrogens with zero attached hydrogens (tertiary/aromatic N) is 1. The average Bonchev–Trinajstić information content (AvgIpc) is 3.19. The Balaban J connectivity index is 1.85. The number of esters is 1. The summed E-state index contributed by atoms with van der Waals surface area (Å²) in [6, 6.07) is 16.0. The Bertz CT molecular complexity index is 1130. The highest BCUT2D eigenvalue weighted by atomic mass is 32.2. The number of carbonyl (C=O) groups is 3. The van der Waals surface area contributed by atoms with Crippen molar-refractivity contribution >= 4 is 45.9 Å². The van der Waals surface area contributed by atoms with Crippen molar-refractivity contribution in [2.24, 2.45) is 0 Å². The molecule has 0 aliphatic carbocycles. The van der Waals surface area contributed by atoms with Gasteiger partial charge in [0.05, 0.1) is 11.3 Å². The Kier molecular flexibility index (Phi) is 8.18. The Morgan fingerprint density at radius 2 is 1.84 bits per heavy atom. The quantitative estimate of drug-likeness (QED) is 0.210. The molecule has 164 valence electrons. The van der Waals surface area contributed by atoms with Gasteiger partial charge in [-0.25, -0.2) is 4.98 Å². The third kappa shape index (κ3) is 6.29. The smallest absolute Gasteiger partial charge is 0.308 e. The van der Waals surface area contributed by atoms with Crippen molar-refractivity contribution < 1.29 is 19.1 Å². The van der Waals surface area contributed by atoms with E-state index in [2.05, 4.69) is 22.2 Å². The molecule has 7 nitrogen and oxygen atoms in total. The molecule has 0 bridgehead atoms. The van der Waals surface area contributed by atoms with E-state index in [1.807, 2.05) is 30.3 Å². The largest absolute Gasteiger partial charge is 0.426 e. The second kappa shape index (κ2) is 11.3. The number of rotatable bonds is 9. The topological polar surface area (TPSA) is 97.4 Å². The molecule has 0 aliphatic rings. The molecule has 3 aromatic rings. The number of anilines is 1. The van der Waals surface area contributed by atoms with Crippen LogP contribution >= 0.6 is 23.1 Å². The van der Waals surface area contributed by atoms with Gasteiger partial charge in [-0.2, -0.15) is 0 Å². The molecule has 1 aromatic heterocycles. The number of hydrogen-bond donors (Lipinski definition) is 2. The summed E-state index contributed by atoms with van der Waals surface area (Å²) in [5, 5.41) is 6.13. The number of ether oxygens (including phenoxy) is 1. The van der Waals surface area contributed by atoms with Crippen molar-refractivity contribution in [1.82, 2.24) is 10.3 Å². The van der Waals surface area contributed by atoms with Gasteiger partial charge in [-0.1, -0.05) is 71.6 Å².